The van der Waals surface area contributed by atoms with Crippen molar-refractivity contribution >= 4 is 43.6 Å². The van der Waals surface area contributed by atoms with Crippen molar-refractivity contribution in [3.05, 3.63) is 0 Å². The highest BCUT2D eigenvalue weighted by Gasteiger charge is 2.52. The van der Waals surface area contributed by atoms with Crippen molar-refractivity contribution in [3.63, 3.8) is 0 Å². The third-order valence-corrected chi connectivity index (χ3v) is 3.80. The van der Waals surface area contributed by atoms with Gasteiger partial charge >= 0.3 is 0 Å². The van der Waals surface area contributed by atoms with Crippen molar-refractivity contribution in [1.82, 2.24) is 0 Å². The van der Waals surface area contributed by atoms with Crippen molar-refractivity contribution in [2.24, 2.45) is 23.7 Å². The molecule has 1 rings (SSSR count). The van der Waals surface area contributed by atoms with Crippen molar-refractivity contribution in [2.45, 2.75) is 19.7 Å². The Morgan fingerprint density at radius 2 is 1.40 bits per heavy atom. The maximum atomic E-state index is 12.2. The van der Waals surface area contributed by atoms with Crippen molar-refractivity contribution < 1.29 is 28.8 Å². The Morgan fingerprint density at radius 1 is 1.00 bits per heavy atom. The van der Waals surface area contributed by atoms with Gasteiger partial charge in [-0.2, -0.15) is 0 Å². The summed E-state index contributed by atoms with van der Waals surface area (Å²) in [7, 11) is 1.75. The van der Waals surface area contributed by atoms with E-state index in [1.54, 1.807) is 21.7 Å². The molecule has 4 atom stereocenters. The Labute approximate surface area is 116 Å². The predicted octanol–water partition coefficient (Wildman–Crippen LogP) is -1.40. The monoisotopic (exact) mass is 278 g/mol. The van der Waals surface area contributed by atoms with Crippen molar-refractivity contribution in [3.8, 4) is 0 Å². The van der Waals surface area contributed by atoms with Gasteiger partial charge in [0.15, 0.2) is 23.1 Å². The molecule has 0 aromatic heterocycles. The van der Waals surface area contributed by atoms with Gasteiger partial charge in [0.2, 0.25) is 0 Å². The second-order valence-corrected chi connectivity index (χ2v) is 5.30. The van der Waals surface area contributed by atoms with Gasteiger partial charge in [0.25, 0.3) is 0 Å². The molecule has 0 spiro atoms. The highest BCUT2D eigenvalue weighted by Crippen LogP contribution is 2.28. The van der Waals surface area contributed by atoms with E-state index in [0.717, 1.165) is 0 Å². The standard InChI is InChI=1S/C13H15BO6/c1-5(6(2)14)10(17)9-12(19)7(3-15)11(18)8(4-16)13(9)20/h3-9H,14H2,1-2H3/t5?,6-,7?,8?,9?/m0/s1. The van der Waals surface area contributed by atoms with E-state index in [1.165, 1.54) is 0 Å². The largest absolute Gasteiger partial charge is 0.302 e. The van der Waals surface area contributed by atoms with Crippen LogP contribution in [-0.2, 0) is 28.8 Å². The number of Topliss-reactive ketones (excluding diaryl/α,β-unsaturated/α-hetero) is 4. The molecule has 0 heterocycles. The van der Waals surface area contributed by atoms with Crippen LogP contribution in [0.2, 0.25) is 5.82 Å². The quantitative estimate of drug-likeness (QED) is 0.348. The highest BCUT2D eigenvalue weighted by molar-refractivity contribution is 6.39. The smallest absolute Gasteiger partial charge is 0.168 e. The van der Waals surface area contributed by atoms with E-state index in [0.29, 0.717) is 0 Å². The van der Waals surface area contributed by atoms with Gasteiger partial charge in [-0.25, -0.2) is 0 Å². The van der Waals surface area contributed by atoms with E-state index in [4.69, 9.17) is 0 Å². The van der Waals surface area contributed by atoms with Crippen LogP contribution >= 0.6 is 0 Å². The lowest BCUT2D eigenvalue weighted by Crippen LogP contribution is -2.53. The minimum Gasteiger partial charge on any atom is -0.302 e. The molecular weight excluding hydrogens is 263 g/mol. The van der Waals surface area contributed by atoms with Crippen molar-refractivity contribution in [1.29, 1.82) is 0 Å². The van der Waals surface area contributed by atoms with Crippen LogP contribution in [0.25, 0.3) is 0 Å². The molecule has 1 fully saturated rings. The summed E-state index contributed by atoms with van der Waals surface area (Å²) >= 11 is 0. The molecular formula is C13H15BO6. The molecule has 6 nitrogen and oxygen atoms in total. The summed E-state index contributed by atoms with van der Waals surface area (Å²) in [6.07, 6.45) is 0.182. The van der Waals surface area contributed by atoms with Crippen LogP contribution < -0.4 is 0 Å². The zero-order chi connectivity index (χ0) is 15.6. The Kier molecular flexibility index (Phi) is 4.86. The van der Waals surface area contributed by atoms with E-state index in [2.05, 4.69) is 0 Å². The molecule has 1 saturated carbocycles. The second-order valence-electron chi connectivity index (χ2n) is 5.30. The van der Waals surface area contributed by atoms with Gasteiger partial charge in [0.1, 0.15) is 38.2 Å². The number of hydrogen-bond donors (Lipinski definition) is 0. The normalized spacial score (nSPS) is 29.7. The molecule has 1 aliphatic carbocycles. The fourth-order valence-corrected chi connectivity index (χ4v) is 2.11. The first kappa shape index (κ1) is 16.1. The molecule has 0 aromatic carbocycles. The summed E-state index contributed by atoms with van der Waals surface area (Å²) in [6.45, 7) is 3.32. The van der Waals surface area contributed by atoms with E-state index >= 15 is 0 Å². The van der Waals surface area contributed by atoms with Gasteiger partial charge < -0.3 is 9.59 Å². The molecule has 0 saturated heterocycles. The zero-order valence-electron chi connectivity index (χ0n) is 11.5. The maximum Gasteiger partial charge on any atom is 0.168 e. The Morgan fingerprint density at radius 3 is 1.70 bits per heavy atom. The Hall–Kier alpha value is -1.92. The molecule has 0 bridgehead atoms. The number of aldehydes is 2. The lowest BCUT2D eigenvalue weighted by Gasteiger charge is -2.28. The molecule has 0 radical (unpaired) electrons. The molecule has 0 aliphatic heterocycles. The van der Waals surface area contributed by atoms with Gasteiger partial charge in [-0.3, -0.25) is 19.2 Å². The summed E-state index contributed by atoms with van der Waals surface area (Å²) < 4.78 is 0. The van der Waals surface area contributed by atoms with E-state index in [-0.39, 0.29) is 18.4 Å². The van der Waals surface area contributed by atoms with E-state index < -0.39 is 46.8 Å². The third-order valence-electron chi connectivity index (χ3n) is 3.80. The minimum atomic E-state index is -1.70. The number of carbonyl (C=O) groups is 6. The summed E-state index contributed by atoms with van der Waals surface area (Å²) in [4.78, 5) is 69.5. The first-order valence-electron chi connectivity index (χ1n) is 6.33. The molecule has 20 heavy (non-hydrogen) atoms. The van der Waals surface area contributed by atoms with Crippen LogP contribution in [0, 0.1) is 23.7 Å². The van der Waals surface area contributed by atoms with Gasteiger partial charge in [0.05, 0.1) is 0 Å². The van der Waals surface area contributed by atoms with Gasteiger partial charge in [-0.05, 0) is 0 Å². The number of rotatable bonds is 5. The highest BCUT2D eigenvalue weighted by atomic mass is 16.2. The van der Waals surface area contributed by atoms with Crippen LogP contribution in [-0.4, -0.2) is 43.6 Å². The van der Waals surface area contributed by atoms with Gasteiger partial charge in [-0.1, -0.05) is 19.7 Å². The molecule has 1 aliphatic rings. The SMILES string of the molecule is B[C@@H](C)C(C)C(=O)C1C(=O)C(C=O)C(=O)C(C=O)C1=O. The molecule has 0 N–H and O–H groups in total. The average molecular weight is 278 g/mol. The fourth-order valence-electron chi connectivity index (χ4n) is 2.11. The fraction of sp³-hybridized carbons (Fsp3) is 0.538. The van der Waals surface area contributed by atoms with Crippen LogP contribution in [0.5, 0.6) is 0 Å². The third kappa shape index (κ3) is 2.52. The van der Waals surface area contributed by atoms with Crippen LogP contribution in [0.15, 0.2) is 0 Å². The van der Waals surface area contributed by atoms with Gasteiger partial charge in [-0.15, -0.1) is 0 Å². The lowest BCUT2D eigenvalue weighted by atomic mass is 9.66. The second kappa shape index (κ2) is 6.03. The first-order chi connectivity index (χ1) is 9.27. The van der Waals surface area contributed by atoms with Gasteiger partial charge in [0, 0.05) is 5.92 Å². The van der Waals surface area contributed by atoms with E-state index in [9.17, 15) is 28.8 Å². The predicted molar refractivity (Wildman–Crippen MR) is 69.8 cm³/mol. The molecule has 0 aromatic rings. The lowest BCUT2D eigenvalue weighted by molar-refractivity contribution is -0.153. The van der Waals surface area contributed by atoms with Crippen LogP contribution in [0.4, 0.5) is 0 Å². The molecule has 3 unspecified atom stereocenters. The summed E-state index contributed by atoms with van der Waals surface area (Å²) in [5.74, 6) is -9.46. The summed E-state index contributed by atoms with van der Waals surface area (Å²) in [6, 6.07) is 0. The maximum absolute atomic E-state index is 12.2. The zero-order valence-corrected chi connectivity index (χ0v) is 11.5. The molecule has 7 heteroatoms. The number of ketones is 4. The Bertz CT molecular complexity index is 465. The number of hydrogen-bond acceptors (Lipinski definition) is 6. The van der Waals surface area contributed by atoms with Crippen molar-refractivity contribution in [2.75, 3.05) is 0 Å². The molecule has 0 amide bonds. The topological polar surface area (TPSA) is 102 Å². The summed E-state index contributed by atoms with van der Waals surface area (Å²) in [5, 5.41) is 0. The first-order valence-corrected chi connectivity index (χ1v) is 6.33. The average Bonchev–Trinajstić information content (AvgIpc) is 2.38. The minimum absolute atomic E-state index is 0.0912. The Balaban J connectivity index is 3.23. The number of carbonyl (C=O) groups excluding carboxylic acids is 6. The summed E-state index contributed by atoms with van der Waals surface area (Å²) in [5.41, 5.74) is 0. The van der Waals surface area contributed by atoms with E-state index in [1.807, 2.05) is 0 Å². The van der Waals surface area contributed by atoms with Crippen LogP contribution in [0.1, 0.15) is 13.8 Å². The molecule has 106 valence electrons. The van der Waals surface area contributed by atoms with Crippen LogP contribution in [0.3, 0.4) is 0 Å².